The molecule has 0 amide bonds. The number of aromatic nitrogens is 2. The van der Waals surface area contributed by atoms with Gasteiger partial charge in [-0.1, -0.05) is 48.0 Å². The number of fused-ring (bicyclic) bond motifs is 1. The quantitative estimate of drug-likeness (QED) is 0.711. The van der Waals surface area contributed by atoms with E-state index in [1.165, 1.54) is 10.8 Å². The van der Waals surface area contributed by atoms with E-state index in [2.05, 4.69) is 44.8 Å². The molecule has 0 atom stereocenters. The Morgan fingerprint density at radius 3 is 2.63 bits per heavy atom. The van der Waals surface area contributed by atoms with Crippen molar-refractivity contribution in [3.63, 3.8) is 0 Å². The fourth-order valence-corrected chi connectivity index (χ4v) is 2.96. The standard InChI is InChI=1S/C14H12ClN3S/c1-2-18(14-13(15)16-19-17-14)12-9-5-7-10-6-3-4-8-11(10)12/h3-9H,2H2,1H3. The molecule has 2 aromatic carbocycles. The van der Waals surface area contributed by atoms with Gasteiger partial charge in [0.1, 0.15) is 0 Å². The normalized spacial score (nSPS) is 10.8. The van der Waals surface area contributed by atoms with Crippen molar-refractivity contribution in [2.75, 3.05) is 11.4 Å². The average molecular weight is 290 g/mol. The summed E-state index contributed by atoms with van der Waals surface area (Å²) in [5.41, 5.74) is 1.11. The molecule has 0 saturated carbocycles. The van der Waals surface area contributed by atoms with Crippen molar-refractivity contribution in [3.8, 4) is 0 Å². The number of anilines is 2. The van der Waals surface area contributed by atoms with E-state index in [4.69, 9.17) is 11.6 Å². The van der Waals surface area contributed by atoms with Gasteiger partial charge < -0.3 is 4.90 Å². The molecule has 3 rings (SSSR count). The van der Waals surface area contributed by atoms with Gasteiger partial charge in [-0.2, -0.15) is 8.75 Å². The number of rotatable bonds is 3. The summed E-state index contributed by atoms with van der Waals surface area (Å²) in [5, 5.41) is 2.86. The van der Waals surface area contributed by atoms with Gasteiger partial charge in [0.05, 0.1) is 17.4 Å². The highest BCUT2D eigenvalue weighted by Crippen LogP contribution is 2.34. The molecule has 0 spiro atoms. The minimum atomic E-state index is 0.458. The molecule has 1 aromatic heterocycles. The number of hydrogen-bond donors (Lipinski definition) is 0. The van der Waals surface area contributed by atoms with E-state index < -0.39 is 0 Å². The molecule has 0 fully saturated rings. The minimum Gasteiger partial charge on any atom is -0.323 e. The van der Waals surface area contributed by atoms with Crippen LogP contribution in [0.15, 0.2) is 42.5 Å². The van der Waals surface area contributed by atoms with E-state index in [9.17, 15) is 0 Å². The second kappa shape index (κ2) is 5.15. The number of halogens is 1. The smallest absolute Gasteiger partial charge is 0.187 e. The van der Waals surface area contributed by atoms with Gasteiger partial charge in [-0.15, -0.1) is 0 Å². The second-order valence-corrected chi connectivity index (χ2v) is 5.01. The van der Waals surface area contributed by atoms with Gasteiger partial charge in [-0.3, -0.25) is 0 Å². The molecule has 19 heavy (non-hydrogen) atoms. The summed E-state index contributed by atoms with van der Waals surface area (Å²) in [6.45, 7) is 2.87. The second-order valence-electron chi connectivity index (χ2n) is 4.12. The van der Waals surface area contributed by atoms with E-state index in [1.54, 1.807) is 0 Å². The molecule has 0 aliphatic rings. The number of benzene rings is 2. The highest BCUT2D eigenvalue weighted by molar-refractivity contribution is 6.99. The molecular weight excluding hydrogens is 278 g/mol. The molecule has 0 radical (unpaired) electrons. The van der Waals surface area contributed by atoms with Crippen LogP contribution < -0.4 is 4.90 Å². The third kappa shape index (κ3) is 2.17. The van der Waals surface area contributed by atoms with Gasteiger partial charge in [0.25, 0.3) is 0 Å². The lowest BCUT2D eigenvalue weighted by Crippen LogP contribution is -2.17. The lowest BCUT2D eigenvalue weighted by atomic mass is 10.1. The topological polar surface area (TPSA) is 29.0 Å². The lowest BCUT2D eigenvalue weighted by molar-refractivity contribution is 1.01. The molecule has 0 aliphatic carbocycles. The van der Waals surface area contributed by atoms with Crippen LogP contribution in [0.2, 0.25) is 5.15 Å². The van der Waals surface area contributed by atoms with Crippen molar-refractivity contribution in [1.82, 2.24) is 8.75 Å². The number of hydrogen-bond acceptors (Lipinski definition) is 4. The first kappa shape index (κ1) is 12.4. The first-order valence-corrected chi connectivity index (χ1v) is 7.15. The van der Waals surface area contributed by atoms with Crippen LogP contribution in [0, 0.1) is 0 Å². The SMILES string of the molecule is CCN(c1nsnc1Cl)c1cccc2ccccc12. The van der Waals surface area contributed by atoms with Crippen molar-refractivity contribution in [3.05, 3.63) is 47.6 Å². The Morgan fingerprint density at radius 1 is 1.11 bits per heavy atom. The van der Waals surface area contributed by atoms with Crippen LogP contribution >= 0.6 is 23.3 Å². The number of nitrogens with zero attached hydrogens (tertiary/aromatic N) is 3. The maximum Gasteiger partial charge on any atom is 0.187 e. The zero-order valence-corrected chi connectivity index (χ0v) is 11.9. The molecule has 5 heteroatoms. The lowest BCUT2D eigenvalue weighted by Gasteiger charge is -2.22. The van der Waals surface area contributed by atoms with E-state index in [0.29, 0.717) is 5.15 Å². The van der Waals surface area contributed by atoms with Crippen LogP contribution in [0.5, 0.6) is 0 Å². The van der Waals surface area contributed by atoms with Crippen molar-refractivity contribution < 1.29 is 0 Å². The molecule has 3 aromatic rings. The molecule has 0 bridgehead atoms. The van der Waals surface area contributed by atoms with Crippen LogP contribution in [0.4, 0.5) is 11.5 Å². The van der Waals surface area contributed by atoms with Crippen LogP contribution in [-0.4, -0.2) is 15.3 Å². The Morgan fingerprint density at radius 2 is 1.89 bits per heavy atom. The third-order valence-corrected chi connectivity index (χ3v) is 3.93. The third-order valence-electron chi connectivity index (χ3n) is 3.06. The molecule has 0 unspecified atom stereocenters. The Kier molecular flexibility index (Phi) is 3.36. The van der Waals surface area contributed by atoms with E-state index in [0.717, 1.165) is 29.8 Å². The Bertz CT molecular complexity index is 705. The molecule has 0 aliphatic heterocycles. The maximum absolute atomic E-state index is 6.11. The molecule has 0 saturated heterocycles. The monoisotopic (exact) mass is 289 g/mol. The highest BCUT2D eigenvalue weighted by atomic mass is 35.5. The highest BCUT2D eigenvalue weighted by Gasteiger charge is 2.16. The Hall–Kier alpha value is -1.65. The van der Waals surface area contributed by atoms with E-state index in [-0.39, 0.29) is 0 Å². The van der Waals surface area contributed by atoms with Gasteiger partial charge in [-0.05, 0) is 18.4 Å². The summed E-state index contributed by atoms with van der Waals surface area (Å²) in [4.78, 5) is 2.09. The van der Waals surface area contributed by atoms with Crippen molar-refractivity contribution in [2.45, 2.75) is 6.92 Å². The fourth-order valence-electron chi connectivity index (χ4n) is 2.21. The first-order chi connectivity index (χ1) is 9.31. The van der Waals surface area contributed by atoms with Gasteiger partial charge in [0.15, 0.2) is 11.0 Å². The zero-order valence-electron chi connectivity index (χ0n) is 10.4. The fraction of sp³-hybridized carbons (Fsp3) is 0.143. The van der Waals surface area contributed by atoms with Crippen LogP contribution in [0.3, 0.4) is 0 Å². The summed E-state index contributed by atoms with van der Waals surface area (Å²) in [5.74, 6) is 0.727. The van der Waals surface area contributed by atoms with Crippen molar-refractivity contribution >= 4 is 45.6 Å². The van der Waals surface area contributed by atoms with Gasteiger partial charge in [0.2, 0.25) is 0 Å². The van der Waals surface area contributed by atoms with Crippen LogP contribution in [0.25, 0.3) is 10.8 Å². The van der Waals surface area contributed by atoms with Crippen molar-refractivity contribution in [2.24, 2.45) is 0 Å². The van der Waals surface area contributed by atoms with E-state index in [1.807, 2.05) is 18.2 Å². The average Bonchev–Trinajstić information content (AvgIpc) is 2.86. The summed E-state index contributed by atoms with van der Waals surface area (Å²) in [7, 11) is 0. The van der Waals surface area contributed by atoms with E-state index >= 15 is 0 Å². The summed E-state index contributed by atoms with van der Waals surface area (Å²) < 4.78 is 8.34. The summed E-state index contributed by atoms with van der Waals surface area (Å²) in [6.07, 6.45) is 0. The zero-order chi connectivity index (χ0) is 13.2. The predicted molar refractivity (Wildman–Crippen MR) is 81.5 cm³/mol. The van der Waals surface area contributed by atoms with Crippen LogP contribution in [-0.2, 0) is 0 Å². The molecule has 3 nitrogen and oxygen atoms in total. The van der Waals surface area contributed by atoms with Gasteiger partial charge in [0, 0.05) is 11.9 Å². The summed E-state index contributed by atoms with van der Waals surface area (Å²) >= 11 is 7.25. The van der Waals surface area contributed by atoms with Crippen molar-refractivity contribution in [1.29, 1.82) is 0 Å². The van der Waals surface area contributed by atoms with Gasteiger partial charge >= 0.3 is 0 Å². The molecular formula is C14H12ClN3S. The Labute approximate surface area is 120 Å². The minimum absolute atomic E-state index is 0.458. The maximum atomic E-state index is 6.11. The van der Waals surface area contributed by atoms with Gasteiger partial charge in [-0.25, -0.2) is 0 Å². The molecule has 0 N–H and O–H groups in total. The first-order valence-electron chi connectivity index (χ1n) is 6.04. The van der Waals surface area contributed by atoms with Crippen LogP contribution in [0.1, 0.15) is 6.92 Å². The molecule has 96 valence electrons. The summed E-state index contributed by atoms with van der Waals surface area (Å²) in [6, 6.07) is 14.5. The largest absolute Gasteiger partial charge is 0.323 e. The Balaban J connectivity index is 2.20. The predicted octanol–water partition coefficient (Wildman–Crippen LogP) is 4.50. The molecule has 1 heterocycles.